The number of ether oxygens (including phenoxy) is 1. The molecule has 0 bridgehead atoms. The Balaban J connectivity index is 1.98. The third-order valence-corrected chi connectivity index (χ3v) is 5.46. The Morgan fingerprint density at radius 1 is 1.32 bits per heavy atom. The Kier molecular flexibility index (Phi) is 4.04. The molecule has 0 amide bonds. The van der Waals surface area contributed by atoms with Crippen molar-refractivity contribution in [3.63, 3.8) is 0 Å². The molecule has 1 aromatic rings. The molecule has 104 valence electrons. The van der Waals surface area contributed by atoms with Crippen LogP contribution in [-0.4, -0.2) is 25.4 Å². The summed E-state index contributed by atoms with van der Waals surface area (Å²) in [4.78, 5) is 1.47. The summed E-state index contributed by atoms with van der Waals surface area (Å²) in [6.07, 6.45) is 5.08. The first-order valence-corrected chi connectivity index (χ1v) is 8.37. The highest BCUT2D eigenvalue weighted by molar-refractivity contribution is 7.99. The Morgan fingerprint density at radius 3 is 3.00 bits per heavy atom. The molecule has 0 saturated carbocycles. The smallest absolute Gasteiger partial charge is 0.122 e. The Bertz CT molecular complexity index is 460. The molecule has 1 N–H and O–H groups in total. The van der Waals surface area contributed by atoms with Gasteiger partial charge in [0, 0.05) is 10.9 Å². The summed E-state index contributed by atoms with van der Waals surface area (Å²) < 4.78 is 5.59. The molecule has 1 heterocycles. The van der Waals surface area contributed by atoms with E-state index in [0.29, 0.717) is 6.04 Å². The number of rotatable bonds is 3. The standard InChI is InChI=1S/C16H23NOS/c1-3-19-16-7-6-15(18-2)12-10-14-11(9-13(12)16)5-4-8-17-14/h6-7,11,14,17H,3-5,8-10H2,1-2H3. The van der Waals surface area contributed by atoms with Gasteiger partial charge in [-0.15, -0.1) is 11.8 Å². The van der Waals surface area contributed by atoms with Crippen molar-refractivity contribution in [1.82, 2.24) is 5.32 Å². The molecule has 1 saturated heterocycles. The minimum Gasteiger partial charge on any atom is -0.496 e. The highest BCUT2D eigenvalue weighted by atomic mass is 32.2. The summed E-state index contributed by atoms with van der Waals surface area (Å²) in [5.74, 6) is 3.05. The van der Waals surface area contributed by atoms with Crippen LogP contribution in [0.5, 0.6) is 5.75 Å². The van der Waals surface area contributed by atoms with Crippen molar-refractivity contribution in [2.24, 2.45) is 5.92 Å². The fourth-order valence-corrected chi connectivity index (χ4v) is 4.42. The number of nitrogens with one attached hydrogen (secondary N) is 1. The van der Waals surface area contributed by atoms with Crippen LogP contribution in [0.15, 0.2) is 17.0 Å². The third kappa shape index (κ3) is 2.50. The average Bonchev–Trinajstić information content (AvgIpc) is 2.46. The summed E-state index contributed by atoms with van der Waals surface area (Å²) >= 11 is 1.97. The minimum atomic E-state index is 0.664. The molecule has 1 aliphatic heterocycles. The first-order chi connectivity index (χ1) is 9.33. The van der Waals surface area contributed by atoms with Crippen LogP contribution in [0, 0.1) is 5.92 Å². The fourth-order valence-electron chi connectivity index (χ4n) is 3.56. The van der Waals surface area contributed by atoms with E-state index in [1.807, 2.05) is 11.8 Å². The molecule has 1 fully saturated rings. The molecule has 0 spiro atoms. The van der Waals surface area contributed by atoms with Gasteiger partial charge in [-0.1, -0.05) is 6.92 Å². The van der Waals surface area contributed by atoms with Gasteiger partial charge in [0.15, 0.2) is 0 Å². The zero-order valence-electron chi connectivity index (χ0n) is 11.9. The van der Waals surface area contributed by atoms with Crippen LogP contribution in [-0.2, 0) is 12.8 Å². The second-order valence-electron chi connectivity index (χ2n) is 5.53. The maximum absolute atomic E-state index is 5.59. The van der Waals surface area contributed by atoms with Gasteiger partial charge in [-0.25, -0.2) is 0 Å². The predicted octanol–water partition coefficient (Wildman–Crippen LogP) is 3.27. The number of methoxy groups -OCH3 is 1. The number of thioether (sulfide) groups is 1. The minimum absolute atomic E-state index is 0.664. The van der Waals surface area contributed by atoms with Crippen LogP contribution in [0.4, 0.5) is 0 Å². The molecule has 2 atom stereocenters. The molecule has 2 aliphatic rings. The fraction of sp³-hybridized carbons (Fsp3) is 0.625. The lowest BCUT2D eigenvalue weighted by molar-refractivity contribution is 0.258. The van der Waals surface area contributed by atoms with E-state index in [1.54, 1.807) is 12.7 Å². The molecule has 2 unspecified atom stereocenters. The summed E-state index contributed by atoms with van der Waals surface area (Å²) in [5, 5.41) is 3.70. The third-order valence-electron chi connectivity index (χ3n) is 4.48. The molecule has 2 nitrogen and oxygen atoms in total. The first kappa shape index (κ1) is 13.3. The molecular weight excluding hydrogens is 254 g/mol. The van der Waals surface area contributed by atoms with Gasteiger partial charge in [-0.2, -0.15) is 0 Å². The quantitative estimate of drug-likeness (QED) is 0.857. The maximum Gasteiger partial charge on any atom is 0.122 e. The van der Waals surface area contributed by atoms with Gasteiger partial charge in [0.25, 0.3) is 0 Å². The van der Waals surface area contributed by atoms with E-state index in [4.69, 9.17) is 4.74 Å². The van der Waals surface area contributed by atoms with Crippen molar-refractivity contribution in [1.29, 1.82) is 0 Å². The van der Waals surface area contributed by atoms with Crippen LogP contribution < -0.4 is 10.1 Å². The van der Waals surface area contributed by atoms with E-state index in [2.05, 4.69) is 24.4 Å². The van der Waals surface area contributed by atoms with Gasteiger partial charge in [0.2, 0.25) is 0 Å². The second-order valence-corrected chi connectivity index (χ2v) is 6.83. The topological polar surface area (TPSA) is 21.3 Å². The van der Waals surface area contributed by atoms with Gasteiger partial charge in [-0.3, -0.25) is 0 Å². The van der Waals surface area contributed by atoms with Crippen LogP contribution in [0.2, 0.25) is 0 Å². The van der Waals surface area contributed by atoms with Crippen molar-refractivity contribution in [3.8, 4) is 5.75 Å². The van der Waals surface area contributed by atoms with Gasteiger partial charge in [0.1, 0.15) is 5.75 Å². The number of hydrogen-bond acceptors (Lipinski definition) is 3. The molecule has 3 heteroatoms. The van der Waals surface area contributed by atoms with E-state index in [1.165, 1.54) is 36.3 Å². The Hall–Kier alpha value is -0.670. The lowest BCUT2D eigenvalue weighted by atomic mass is 9.76. The predicted molar refractivity (Wildman–Crippen MR) is 81.3 cm³/mol. The summed E-state index contributed by atoms with van der Waals surface area (Å²) in [6, 6.07) is 5.07. The van der Waals surface area contributed by atoms with Crippen molar-refractivity contribution >= 4 is 11.8 Å². The number of fused-ring (bicyclic) bond motifs is 2. The lowest BCUT2D eigenvalue weighted by Gasteiger charge is -2.38. The van der Waals surface area contributed by atoms with Crippen LogP contribution in [0.1, 0.15) is 30.9 Å². The molecule has 3 rings (SSSR count). The molecule has 0 radical (unpaired) electrons. The van der Waals surface area contributed by atoms with E-state index < -0.39 is 0 Å². The van der Waals surface area contributed by atoms with Crippen molar-refractivity contribution in [2.45, 2.75) is 43.5 Å². The SMILES string of the molecule is CCSc1ccc(OC)c2c1CC1CCCNC1C2. The number of benzene rings is 1. The van der Waals surface area contributed by atoms with E-state index in [-0.39, 0.29) is 0 Å². The summed E-state index contributed by atoms with van der Waals surface area (Å²) in [7, 11) is 1.79. The van der Waals surface area contributed by atoms with Crippen molar-refractivity contribution in [3.05, 3.63) is 23.3 Å². The zero-order valence-corrected chi connectivity index (χ0v) is 12.7. The molecule has 0 aromatic heterocycles. The highest BCUT2D eigenvalue weighted by Crippen LogP contribution is 2.40. The highest BCUT2D eigenvalue weighted by Gasteiger charge is 2.33. The van der Waals surface area contributed by atoms with Gasteiger partial charge < -0.3 is 10.1 Å². The van der Waals surface area contributed by atoms with Crippen LogP contribution in [0.3, 0.4) is 0 Å². The normalized spacial score (nSPS) is 25.6. The maximum atomic E-state index is 5.59. The zero-order chi connectivity index (χ0) is 13.2. The summed E-state index contributed by atoms with van der Waals surface area (Å²) in [6.45, 7) is 3.41. The lowest BCUT2D eigenvalue weighted by Crippen LogP contribution is -2.46. The second kappa shape index (κ2) is 5.76. The first-order valence-electron chi connectivity index (χ1n) is 7.38. The molecule has 1 aromatic carbocycles. The number of hydrogen-bond donors (Lipinski definition) is 1. The average molecular weight is 277 g/mol. The van der Waals surface area contributed by atoms with Gasteiger partial charge in [0.05, 0.1) is 7.11 Å². The molecule has 19 heavy (non-hydrogen) atoms. The van der Waals surface area contributed by atoms with Crippen molar-refractivity contribution in [2.75, 3.05) is 19.4 Å². The monoisotopic (exact) mass is 277 g/mol. The van der Waals surface area contributed by atoms with E-state index in [0.717, 1.165) is 23.8 Å². The largest absolute Gasteiger partial charge is 0.496 e. The summed E-state index contributed by atoms with van der Waals surface area (Å²) in [5.41, 5.74) is 3.02. The van der Waals surface area contributed by atoms with Crippen molar-refractivity contribution < 1.29 is 4.74 Å². The van der Waals surface area contributed by atoms with Gasteiger partial charge >= 0.3 is 0 Å². The van der Waals surface area contributed by atoms with E-state index >= 15 is 0 Å². The van der Waals surface area contributed by atoms with Crippen LogP contribution >= 0.6 is 11.8 Å². The van der Waals surface area contributed by atoms with Gasteiger partial charge in [-0.05, 0) is 67.2 Å². The Labute approximate surface area is 120 Å². The Morgan fingerprint density at radius 2 is 2.21 bits per heavy atom. The van der Waals surface area contributed by atoms with E-state index in [9.17, 15) is 0 Å². The molecular formula is C16H23NOS. The van der Waals surface area contributed by atoms with Crippen LogP contribution in [0.25, 0.3) is 0 Å². The molecule has 1 aliphatic carbocycles. The number of piperidine rings is 1.